The van der Waals surface area contributed by atoms with Crippen LogP contribution in [0, 0.1) is 0 Å². The van der Waals surface area contributed by atoms with Gasteiger partial charge in [0, 0.05) is 16.9 Å². The van der Waals surface area contributed by atoms with E-state index in [4.69, 9.17) is 4.74 Å². The Bertz CT molecular complexity index is 963. The zero-order valence-corrected chi connectivity index (χ0v) is 17.0. The zero-order chi connectivity index (χ0) is 20.9. The molecule has 0 radical (unpaired) electrons. The minimum absolute atomic E-state index is 0.271. The number of carbonyl (C=O) groups is 2. The number of amides is 2. The Morgan fingerprint density at radius 3 is 2.07 bits per heavy atom. The Balaban J connectivity index is 1.62. The fraction of sp³-hybridized carbons (Fsp3) is 0.333. The van der Waals surface area contributed by atoms with Crippen LogP contribution < -0.4 is 10.6 Å². The summed E-state index contributed by atoms with van der Waals surface area (Å²) in [5.41, 5.74) is 1.43. The van der Waals surface area contributed by atoms with Crippen LogP contribution in [0.3, 0.4) is 0 Å². The molecule has 7 nitrogen and oxygen atoms in total. The SMILES string of the molecule is CCOC(=O)Nc1ccc(C(=O)Nc2ccc(S(=O)(=O)C3CCCC3)cc2)cc1. The molecule has 0 saturated heterocycles. The van der Waals surface area contributed by atoms with E-state index < -0.39 is 15.9 Å². The van der Waals surface area contributed by atoms with Gasteiger partial charge in [-0.1, -0.05) is 12.8 Å². The van der Waals surface area contributed by atoms with Crippen LogP contribution in [0.4, 0.5) is 16.2 Å². The van der Waals surface area contributed by atoms with Crippen LogP contribution in [-0.4, -0.2) is 32.3 Å². The second-order valence-electron chi connectivity index (χ2n) is 6.85. The highest BCUT2D eigenvalue weighted by Crippen LogP contribution is 2.30. The third-order valence-corrected chi connectivity index (χ3v) is 7.13. The van der Waals surface area contributed by atoms with Gasteiger partial charge >= 0.3 is 6.09 Å². The topological polar surface area (TPSA) is 102 Å². The molecule has 0 atom stereocenters. The van der Waals surface area contributed by atoms with Gasteiger partial charge in [0.1, 0.15) is 0 Å². The molecule has 1 aliphatic carbocycles. The van der Waals surface area contributed by atoms with Crippen molar-refractivity contribution >= 4 is 33.2 Å². The molecular weight excluding hydrogens is 392 g/mol. The second-order valence-corrected chi connectivity index (χ2v) is 9.08. The smallest absolute Gasteiger partial charge is 0.411 e. The molecule has 0 aromatic heterocycles. The van der Waals surface area contributed by atoms with Crippen molar-refractivity contribution in [2.45, 2.75) is 42.8 Å². The van der Waals surface area contributed by atoms with Crippen LogP contribution in [0.2, 0.25) is 0 Å². The first-order chi connectivity index (χ1) is 13.9. The molecule has 2 aromatic carbocycles. The Labute approximate surface area is 170 Å². The van der Waals surface area contributed by atoms with Gasteiger partial charge in [0.2, 0.25) is 0 Å². The van der Waals surface area contributed by atoms with Crippen molar-refractivity contribution in [3.8, 4) is 0 Å². The molecular formula is C21H24N2O5S. The molecule has 29 heavy (non-hydrogen) atoms. The molecule has 2 N–H and O–H groups in total. The van der Waals surface area contributed by atoms with Gasteiger partial charge in [-0.3, -0.25) is 10.1 Å². The highest BCUT2D eigenvalue weighted by atomic mass is 32.2. The average Bonchev–Trinajstić information content (AvgIpc) is 3.25. The van der Waals surface area contributed by atoms with E-state index in [-0.39, 0.29) is 22.7 Å². The Kier molecular flexibility index (Phi) is 6.53. The van der Waals surface area contributed by atoms with Gasteiger partial charge in [0.05, 0.1) is 16.8 Å². The summed E-state index contributed by atoms with van der Waals surface area (Å²) in [4.78, 5) is 24.1. The number of benzene rings is 2. The highest BCUT2D eigenvalue weighted by molar-refractivity contribution is 7.92. The van der Waals surface area contributed by atoms with E-state index in [1.54, 1.807) is 43.3 Å². The summed E-state index contributed by atoms with van der Waals surface area (Å²) >= 11 is 0. The average molecular weight is 416 g/mol. The highest BCUT2D eigenvalue weighted by Gasteiger charge is 2.30. The Morgan fingerprint density at radius 2 is 1.48 bits per heavy atom. The molecule has 1 aliphatic rings. The van der Waals surface area contributed by atoms with E-state index in [0.29, 0.717) is 29.8 Å². The molecule has 2 amide bonds. The van der Waals surface area contributed by atoms with Crippen molar-refractivity contribution in [2.75, 3.05) is 17.2 Å². The maximum absolute atomic E-state index is 12.6. The van der Waals surface area contributed by atoms with Crippen LogP contribution in [0.1, 0.15) is 43.0 Å². The van der Waals surface area contributed by atoms with Crippen molar-refractivity contribution in [1.29, 1.82) is 0 Å². The number of anilines is 2. The molecule has 0 unspecified atom stereocenters. The van der Waals surface area contributed by atoms with Gasteiger partial charge in [-0.25, -0.2) is 13.2 Å². The normalized spacial score (nSPS) is 14.4. The summed E-state index contributed by atoms with van der Waals surface area (Å²) in [5.74, 6) is -0.334. The fourth-order valence-corrected chi connectivity index (χ4v) is 5.17. The molecule has 8 heteroatoms. The number of rotatable bonds is 6. The molecule has 0 bridgehead atoms. The first-order valence-electron chi connectivity index (χ1n) is 9.59. The summed E-state index contributed by atoms with van der Waals surface area (Å²) < 4.78 is 30.0. The summed E-state index contributed by atoms with van der Waals surface area (Å²) in [6, 6.07) is 12.6. The predicted molar refractivity (Wildman–Crippen MR) is 111 cm³/mol. The van der Waals surface area contributed by atoms with E-state index in [2.05, 4.69) is 10.6 Å². The summed E-state index contributed by atoms with van der Waals surface area (Å²) in [7, 11) is -3.31. The lowest BCUT2D eigenvalue weighted by molar-refractivity contribution is 0.102. The number of nitrogens with one attached hydrogen (secondary N) is 2. The maximum atomic E-state index is 12.6. The van der Waals surface area contributed by atoms with Crippen LogP contribution in [0.15, 0.2) is 53.4 Å². The van der Waals surface area contributed by atoms with Crippen molar-refractivity contribution in [2.24, 2.45) is 0 Å². The van der Waals surface area contributed by atoms with Gasteiger partial charge in [0.25, 0.3) is 5.91 Å². The third-order valence-electron chi connectivity index (χ3n) is 4.85. The Morgan fingerprint density at radius 1 is 0.931 bits per heavy atom. The number of carbonyl (C=O) groups excluding carboxylic acids is 2. The zero-order valence-electron chi connectivity index (χ0n) is 16.2. The van der Waals surface area contributed by atoms with E-state index in [1.807, 2.05) is 0 Å². The molecule has 0 spiro atoms. The van der Waals surface area contributed by atoms with Gasteiger partial charge in [0.15, 0.2) is 9.84 Å². The van der Waals surface area contributed by atoms with E-state index in [9.17, 15) is 18.0 Å². The first-order valence-corrected chi connectivity index (χ1v) is 11.1. The fourth-order valence-electron chi connectivity index (χ4n) is 3.31. The molecule has 1 saturated carbocycles. The quantitative estimate of drug-likeness (QED) is 0.734. The lowest BCUT2D eigenvalue weighted by Gasteiger charge is -2.12. The van der Waals surface area contributed by atoms with Crippen LogP contribution in [0.5, 0.6) is 0 Å². The van der Waals surface area contributed by atoms with Crippen LogP contribution in [0.25, 0.3) is 0 Å². The van der Waals surface area contributed by atoms with Crippen molar-refractivity contribution in [1.82, 2.24) is 0 Å². The van der Waals surface area contributed by atoms with Crippen LogP contribution in [-0.2, 0) is 14.6 Å². The number of sulfone groups is 1. The maximum Gasteiger partial charge on any atom is 0.411 e. The molecule has 0 heterocycles. The molecule has 154 valence electrons. The summed E-state index contributed by atoms with van der Waals surface area (Å²) in [5, 5.41) is 4.99. The molecule has 0 aliphatic heterocycles. The Hall–Kier alpha value is -2.87. The monoisotopic (exact) mass is 416 g/mol. The summed E-state index contributed by atoms with van der Waals surface area (Å²) in [6.07, 6.45) is 2.76. The number of hydrogen-bond acceptors (Lipinski definition) is 5. The lowest BCUT2D eigenvalue weighted by Crippen LogP contribution is -2.18. The van der Waals surface area contributed by atoms with Gasteiger partial charge in [-0.2, -0.15) is 0 Å². The number of ether oxygens (including phenoxy) is 1. The third kappa shape index (κ3) is 5.14. The van der Waals surface area contributed by atoms with Crippen molar-refractivity contribution < 1.29 is 22.7 Å². The first kappa shape index (κ1) is 20.9. The standard InChI is InChI=1S/C21H24N2O5S/c1-2-28-21(25)23-17-9-7-15(8-10-17)20(24)22-16-11-13-19(14-12-16)29(26,27)18-5-3-4-6-18/h7-14,18H,2-6H2,1H3,(H,22,24)(H,23,25). The molecule has 1 fully saturated rings. The minimum Gasteiger partial charge on any atom is -0.450 e. The van der Waals surface area contributed by atoms with Crippen molar-refractivity contribution in [3.63, 3.8) is 0 Å². The number of hydrogen-bond donors (Lipinski definition) is 2. The van der Waals surface area contributed by atoms with E-state index in [0.717, 1.165) is 12.8 Å². The van der Waals surface area contributed by atoms with Gasteiger partial charge in [-0.15, -0.1) is 0 Å². The minimum atomic E-state index is -3.31. The predicted octanol–water partition coefficient (Wildman–Crippen LogP) is 4.22. The van der Waals surface area contributed by atoms with E-state index in [1.165, 1.54) is 12.1 Å². The lowest BCUT2D eigenvalue weighted by atomic mass is 10.2. The van der Waals surface area contributed by atoms with Crippen LogP contribution >= 0.6 is 0 Å². The largest absolute Gasteiger partial charge is 0.450 e. The second kappa shape index (κ2) is 9.09. The molecule has 3 rings (SSSR count). The van der Waals surface area contributed by atoms with Gasteiger partial charge < -0.3 is 10.1 Å². The molecule has 2 aromatic rings. The summed E-state index contributed by atoms with van der Waals surface area (Å²) in [6.45, 7) is 1.98. The van der Waals surface area contributed by atoms with Crippen molar-refractivity contribution in [3.05, 3.63) is 54.1 Å². The van der Waals surface area contributed by atoms with E-state index >= 15 is 0 Å². The van der Waals surface area contributed by atoms with Gasteiger partial charge in [-0.05, 0) is 68.3 Å².